The van der Waals surface area contributed by atoms with Crippen LogP contribution < -0.4 is 0 Å². The van der Waals surface area contributed by atoms with Gasteiger partial charge < -0.3 is 4.98 Å². The molecule has 0 fully saturated rings. The van der Waals surface area contributed by atoms with E-state index in [0.717, 1.165) is 40.7 Å². The van der Waals surface area contributed by atoms with E-state index in [-0.39, 0.29) is 10.6 Å². The second-order valence-corrected chi connectivity index (χ2v) is 5.36. The van der Waals surface area contributed by atoms with E-state index >= 15 is 0 Å². The van der Waals surface area contributed by atoms with Crippen LogP contribution in [0.2, 0.25) is 0 Å². The Morgan fingerprint density at radius 1 is 1.56 bits per heavy atom. The molecule has 82 valence electrons. The number of aryl methyl sites for hydroxylation is 2. The fourth-order valence-corrected chi connectivity index (χ4v) is 2.71. The van der Waals surface area contributed by atoms with E-state index in [9.17, 15) is 4.79 Å². The van der Waals surface area contributed by atoms with Crippen LogP contribution in [0.15, 0.2) is 12.3 Å². The molecule has 1 aliphatic carbocycles. The second kappa shape index (κ2) is 3.42. The van der Waals surface area contributed by atoms with Gasteiger partial charge in [-0.1, -0.05) is 15.9 Å². The first-order chi connectivity index (χ1) is 7.66. The molecular weight excluding hydrogens is 268 g/mol. The van der Waals surface area contributed by atoms with Crippen molar-refractivity contribution in [3.05, 3.63) is 29.1 Å². The highest BCUT2D eigenvalue weighted by molar-refractivity contribution is 9.10. The fraction of sp³-hybridized carbons (Fsp3) is 0.333. The standard InChI is InChI=1S/C12H11BrN2O/c1-6-4-7-10-9(15-12(7)14-5-6)3-2-8(13)11(10)16/h4-5,8H,2-3H2,1H3,(H,14,15). The summed E-state index contributed by atoms with van der Waals surface area (Å²) in [5, 5.41) is 0.962. The summed E-state index contributed by atoms with van der Waals surface area (Å²) in [6, 6.07) is 2.03. The molecule has 1 aliphatic rings. The molecule has 3 nitrogen and oxygen atoms in total. The molecule has 1 atom stereocenters. The average Bonchev–Trinajstić information content (AvgIpc) is 2.62. The van der Waals surface area contributed by atoms with Crippen LogP contribution in [0.1, 0.15) is 28.0 Å². The van der Waals surface area contributed by atoms with Crippen molar-refractivity contribution in [1.29, 1.82) is 0 Å². The highest BCUT2D eigenvalue weighted by Crippen LogP contribution is 2.31. The van der Waals surface area contributed by atoms with E-state index in [1.807, 2.05) is 19.2 Å². The lowest BCUT2D eigenvalue weighted by Crippen LogP contribution is -2.21. The van der Waals surface area contributed by atoms with Crippen molar-refractivity contribution < 1.29 is 4.79 Å². The van der Waals surface area contributed by atoms with Crippen LogP contribution in [0.5, 0.6) is 0 Å². The monoisotopic (exact) mass is 278 g/mol. The lowest BCUT2D eigenvalue weighted by Gasteiger charge is -2.15. The van der Waals surface area contributed by atoms with Gasteiger partial charge in [-0.05, 0) is 31.4 Å². The van der Waals surface area contributed by atoms with Gasteiger partial charge in [-0.3, -0.25) is 4.79 Å². The summed E-state index contributed by atoms with van der Waals surface area (Å²) in [6.45, 7) is 1.99. The third kappa shape index (κ3) is 1.33. The van der Waals surface area contributed by atoms with Crippen molar-refractivity contribution in [2.45, 2.75) is 24.6 Å². The van der Waals surface area contributed by atoms with E-state index in [1.54, 1.807) is 0 Å². The molecule has 0 aromatic carbocycles. The van der Waals surface area contributed by atoms with Gasteiger partial charge in [0.2, 0.25) is 0 Å². The molecule has 2 aromatic heterocycles. The van der Waals surface area contributed by atoms with E-state index < -0.39 is 0 Å². The molecule has 0 amide bonds. The van der Waals surface area contributed by atoms with Crippen LogP contribution in [-0.4, -0.2) is 20.6 Å². The molecule has 0 bridgehead atoms. The number of nitrogens with one attached hydrogen (secondary N) is 1. The lowest BCUT2D eigenvalue weighted by molar-refractivity contribution is 0.0983. The maximum Gasteiger partial charge on any atom is 0.178 e. The summed E-state index contributed by atoms with van der Waals surface area (Å²) >= 11 is 3.43. The Hall–Kier alpha value is -1.16. The quantitative estimate of drug-likeness (QED) is 0.754. The zero-order valence-electron chi connectivity index (χ0n) is 8.88. The van der Waals surface area contributed by atoms with Crippen LogP contribution in [0, 0.1) is 6.92 Å². The van der Waals surface area contributed by atoms with E-state index in [0.29, 0.717) is 0 Å². The number of hydrogen-bond acceptors (Lipinski definition) is 2. The number of H-pyrrole nitrogens is 1. The van der Waals surface area contributed by atoms with Crippen LogP contribution in [0.4, 0.5) is 0 Å². The van der Waals surface area contributed by atoms with Crippen LogP contribution in [0.3, 0.4) is 0 Å². The first kappa shape index (κ1) is 10.0. The molecule has 16 heavy (non-hydrogen) atoms. The van der Waals surface area contributed by atoms with Crippen molar-refractivity contribution in [3.63, 3.8) is 0 Å². The van der Waals surface area contributed by atoms with Gasteiger partial charge >= 0.3 is 0 Å². The van der Waals surface area contributed by atoms with Crippen molar-refractivity contribution >= 4 is 32.7 Å². The Bertz CT molecular complexity index is 588. The first-order valence-corrected chi connectivity index (χ1v) is 6.24. The lowest BCUT2D eigenvalue weighted by atomic mass is 9.94. The minimum Gasteiger partial charge on any atom is -0.343 e. The summed E-state index contributed by atoms with van der Waals surface area (Å²) in [5.74, 6) is 0.180. The topological polar surface area (TPSA) is 45.8 Å². The third-order valence-electron chi connectivity index (χ3n) is 3.04. The largest absolute Gasteiger partial charge is 0.343 e. The second-order valence-electron chi connectivity index (χ2n) is 4.26. The summed E-state index contributed by atoms with van der Waals surface area (Å²) in [7, 11) is 0. The Morgan fingerprint density at radius 2 is 2.38 bits per heavy atom. The predicted molar refractivity (Wildman–Crippen MR) is 66.2 cm³/mol. The van der Waals surface area contributed by atoms with Gasteiger partial charge in [0.15, 0.2) is 5.78 Å². The first-order valence-electron chi connectivity index (χ1n) is 5.32. The summed E-state index contributed by atoms with van der Waals surface area (Å²) in [4.78, 5) is 19.6. The molecule has 0 saturated heterocycles. The van der Waals surface area contributed by atoms with Gasteiger partial charge in [0, 0.05) is 22.8 Å². The minimum atomic E-state index is -0.0421. The maximum atomic E-state index is 12.1. The Morgan fingerprint density at radius 3 is 3.19 bits per heavy atom. The highest BCUT2D eigenvalue weighted by Gasteiger charge is 2.29. The number of alkyl halides is 1. The number of rotatable bonds is 0. The van der Waals surface area contributed by atoms with Gasteiger partial charge in [-0.15, -0.1) is 0 Å². The van der Waals surface area contributed by atoms with E-state index in [1.165, 1.54) is 0 Å². The van der Waals surface area contributed by atoms with Crippen LogP contribution >= 0.6 is 15.9 Å². The van der Waals surface area contributed by atoms with Crippen molar-refractivity contribution in [2.24, 2.45) is 0 Å². The molecule has 0 radical (unpaired) electrons. The molecule has 0 saturated carbocycles. The molecule has 0 aliphatic heterocycles. The molecule has 3 rings (SSSR count). The number of hydrogen-bond donors (Lipinski definition) is 1. The minimum absolute atomic E-state index is 0.0421. The number of carbonyl (C=O) groups is 1. The number of pyridine rings is 1. The summed E-state index contributed by atoms with van der Waals surface area (Å²) in [5.41, 5.74) is 3.78. The van der Waals surface area contributed by atoms with Crippen molar-refractivity contribution in [1.82, 2.24) is 9.97 Å². The summed E-state index contributed by atoms with van der Waals surface area (Å²) in [6.07, 6.45) is 3.59. The Balaban J connectivity index is 2.34. The molecule has 2 aromatic rings. The Labute approximate surface area is 101 Å². The molecule has 1 N–H and O–H groups in total. The molecule has 2 heterocycles. The number of nitrogens with zero attached hydrogens (tertiary/aromatic N) is 1. The van der Waals surface area contributed by atoms with Gasteiger partial charge in [0.05, 0.1) is 4.83 Å². The SMILES string of the molecule is Cc1cnc2[nH]c3c(c2c1)C(=O)C(Br)CC3. The van der Waals surface area contributed by atoms with E-state index in [2.05, 4.69) is 25.9 Å². The van der Waals surface area contributed by atoms with E-state index in [4.69, 9.17) is 0 Å². The fourth-order valence-electron chi connectivity index (χ4n) is 2.26. The number of fused-ring (bicyclic) bond motifs is 3. The number of aromatic amines is 1. The van der Waals surface area contributed by atoms with Gasteiger partial charge in [0.25, 0.3) is 0 Å². The molecule has 4 heteroatoms. The number of halogens is 1. The number of aromatic nitrogens is 2. The molecular formula is C12H11BrN2O. The summed E-state index contributed by atoms with van der Waals surface area (Å²) < 4.78 is 0. The van der Waals surface area contributed by atoms with Crippen LogP contribution in [-0.2, 0) is 6.42 Å². The van der Waals surface area contributed by atoms with Crippen LogP contribution in [0.25, 0.3) is 11.0 Å². The zero-order chi connectivity index (χ0) is 11.3. The third-order valence-corrected chi connectivity index (χ3v) is 3.92. The molecule has 0 spiro atoms. The smallest absolute Gasteiger partial charge is 0.178 e. The van der Waals surface area contributed by atoms with Crippen molar-refractivity contribution in [2.75, 3.05) is 0 Å². The average molecular weight is 279 g/mol. The number of Topliss-reactive ketones (excluding diaryl/α,β-unsaturated/α-hetero) is 1. The maximum absolute atomic E-state index is 12.1. The molecule has 1 unspecified atom stereocenters. The highest BCUT2D eigenvalue weighted by atomic mass is 79.9. The van der Waals surface area contributed by atoms with Gasteiger partial charge in [-0.25, -0.2) is 4.98 Å². The normalized spacial score (nSPS) is 20.1. The van der Waals surface area contributed by atoms with Crippen molar-refractivity contribution in [3.8, 4) is 0 Å². The number of carbonyl (C=O) groups excluding carboxylic acids is 1. The van der Waals surface area contributed by atoms with Gasteiger partial charge in [-0.2, -0.15) is 0 Å². The van der Waals surface area contributed by atoms with Gasteiger partial charge in [0.1, 0.15) is 5.65 Å². The Kier molecular flexibility index (Phi) is 2.14. The number of ketones is 1. The zero-order valence-corrected chi connectivity index (χ0v) is 10.5. The predicted octanol–water partition coefficient (Wildman–Crippen LogP) is 2.76.